The van der Waals surface area contributed by atoms with E-state index in [1.165, 1.54) is 0 Å². The summed E-state index contributed by atoms with van der Waals surface area (Å²) in [5.74, 6) is -4.80. The van der Waals surface area contributed by atoms with Crippen LogP contribution in [0, 0.1) is 18.8 Å². The number of nitrogens with one attached hydrogen (secondary N) is 1. The lowest BCUT2D eigenvalue weighted by Crippen LogP contribution is -2.42. The summed E-state index contributed by atoms with van der Waals surface area (Å²) in [6.45, 7) is 4.94. The second kappa shape index (κ2) is 8.51. The van der Waals surface area contributed by atoms with Crippen molar-refractivity contribution < 1.29 is 29.0 Å². The van der Waals surface area contributed by atoms with Gasteiger partial charge in [-0.3, -0.25) is 9.59 Å². The van der Waals surface area contributed by atoms with Crippen molar-refractivity contribution in [2.45, 2.75) is 52.6 Å². The molecule has 148 valence electrons. The van der Waals surface area contributed by atoms with Gasteiger partial charge in [-0.25, -0.2) is 4.79 Å². The molecule has 27 heavy (non-hydrogen) atoms. The molecule has 9 heteroatoms. The fourth-order valence-corrected chi connectivity index (χ4v) is 4.39. The third kappa shape index (κ3) is 4.65. The topological polar surface area (TPSA) is 139 Å². The Labute approximate surface area is 161 Å². The number of amides is 2. The average molecular weight is 395 g/mol. The number of hydrogen-bond donors (Lipinski definition) is 2. The Bertz CT molecular complexity index is 770. The Hall–Kier alpha value is -2.42. The lowest BCUT2D eigenvalue weighted by Gasteiger charge is -2.31. The van der Waals surface area contributed by atoms with Crippen molar-refractivity contribution in [1.29, 1.82) is 0 Å². The zero-order valence-corrected chi connectivity index (χ0v) is 16.3. The maximum Gasteiger partial charge on any atom is 0.348 e. The van der Waals surface area contributed by atoms with Crippen molar-refractivity contribution in [2.75, 3.05) is 5.32 Å². The summed E-state index contributed by atoms with van der Waals surface area (Å²) in [6, 6.07) is 0. The fraction of sp³-hybridized carbons (Fsp3) is 0.556. The third-order valence-electron chi connectivity index (χ3n) is 4.56. The Balaban J connectivity index is 2.31. The Morgan fingerprint density at radius 2 is 1.78 bits per heavy atom. The van der Waals surface area contributed by atoms with Crippen LogP contribution in [0.25, 0.3) is 0 Å². The Morgan fingerprint density at radius 1 is 1.19 bits per heavy atom. The maximum absolute atomic E-state index is 12.7. The maximum atomic E-state index is 12.7. The number of carboxylic acids is 1. The molecule has 0 bridgehead atoms. The number of hydrogen-bond acceptors (Lipinski definition) is 7. The minimum Gasteiger partial charge on any atom is -0.550 e. The van der Waals surface area contributed by atoms with Crippen molar-refractivity contribution in [3.8, 4) is 0 Å². The highest BCUT2D eigenvalue weighted by Crippen LogP contribution is 2.36. The number of thiophene rings is 1. The minimum atomic E-state index is -1.26. The molecule has 0 radical (unpaired) electrons. The van der Waals surface area contributed by atoms with Crippen molar-refractivity contribution in [3.05, 3.63) is 16.0 Å². The molecule has 1 aliphatic carbocycles. The molecule has 1 saturated carbocycles. The number of carboxylic acid groups (broad SMARTS) is 1. The molecule has 3 N–H and O–H groups in total. The molecule has 2 atom stereocenters. The molecule has 1 aromatic rings. The molecule has 1 heterocycles. The predicted molar refractivity (Wildman–Crippen MR) is 97.2 cm³/mol. The molecular formula is C18H23N2O6S-. The number of carbonyl (C=O) groups is 4. The summed E-state index contributed by atoms with van der Waals surface area (Å²) in [6.07, 6.45) is 1.90. The summed E-state index contributed by atoms with van der Waals surface area (Å²) >= 11 is 0.896. The first kappa shape index (κ1) is 20.9. The number of ether oxygens (including phenoxy) is 1. The second-order valence-electron chi connectivity index (χ2n) is 6.88. The van der Waals surface area contributed by atoms with E-state index in [4.69, 9.17) is 10.5 Å². The van der Waals surface area contributed by atoms with E-state index in [1.54, 1.807) is 20.8 Å². The number of rotatable bonds is 6. The first-order chi connectivity index (χ1) is 12.6. The van der Waals surface area contributed by atoms with E-state index in [0.717, 1.165) is 24.2 Å². The molecule has 2 amide bonds. The SMILES string of the molecule is Cc1c(C(=O)OC(C)C)sc(NC(=O)[C@@H]2CCCC[C@@H]2C(=O)[O-])c1C(N)=O. The van der Waals surface area contributed by atoms with Crippen molar-refractivity contribution in [2.24, 2.45) is 17.6 Å². The molecule has 0 aliphatic heterocycles. The van der Waals surface area contributed by atoms with Crippen LogP contribution in [-0.2, 0) is 14.3 Å². The van der Waals surface area contributed by atoms with Crippen LogP contribution in [0.5, 0.6) is 0 Å². The second-order valence-corrected chi connectivity index (χ2v) is 7.90. The Kier molecular flexibility index (Phi) is 6.59. The molecule has 0 saturated heterocycles. The van der Waals surface area contributed by atoms with E-state index in [9.17, 15) is 24.3 Å². The summed E-state index contributed by atoms with van der Waals surface area (Å²) in [5, 5.41) is 14.0. The highest BCUT2D eigenvalue weighted by Gasteiger charge is 2.33. The fourth-order valence-electron chi connectivity index (χ4n) is 3.29. The molecule has 1 aliphatic rings. The number of nitrogens with two attached hydrogens (primary N) is 1. The zero-order chi connectivity index (χ0) is 20.3. The van der Waals surface area contributed by atoms with Crippen LogP contribution < -0.4 is 16.2 Å². The smallest absolute Gasteiger partial charge is 0.348 e. The van der Waals surface area contributed by atoms with Gasteiger partial charge < -0.3 is 25.7 Å². The largest absolute Gasteiger partial charge is 0.550 e. The lowest BCUT2D eigenvalue weighted by atomic mass is 9.79. The highest BCUT2D eigenvalue weighted by molar-refractivity contribution is 7.18. The third-order valence-corrected chi connectivity index (χ3v) is 5.75. The molecule has 2 rings (SSSR count). The van der Waals surface area contributed by atoms with E-state index in [-0.39, 0.29) is 21.5 Å². The van der Waals surface area contributed by atoms with Crippen LogP contribution in [0.15, 0.2) is 0 Å². The quantitative estimate of drug-likeness (QED) is 0.694. The normalized spacial score (nSPS) is 19.6. The van der Waals surface area contributed by atoms with Gasteiger partial charge in [0.1, 0.15) is 9.88 Å². The van der Waals surface area contributed by atoms with Crippen LogP contribution in [0.4, 0.5) is 5.00 Å². The number of carbonyl (C=O) groups excluding carboxylic acids is 4. The van der Waals surface area contributed by atoms with E-state index < -0.39 is 35.6 Å². The summed E-state index contributed by atoms with van der Waals surface area (Å²) in [7, 11) is 0. The van der Waals surface area contributed by atoms with Gasteiger partial charge in [-0.15, -0.1) is 11.3 Å². The molecular weight excluding hydrogens is 372 g/mol. The van der Waals surface area contributed by atoms with Crippen molar-refractivity contribution in [3.63, 3.8) is 0 Å². The van der Waals surface area contributed by atoms with Gasteiger partial charge in [0.15, 0.2) is 0 Å². The molecule has 8 nitrogen and oxygen atoms in total. The van der Waals surface area contributed by atoms with E-state index in [2.05, 4.69) is 5.32 Å². The number of esters is 1. The van der Waals surface area contributed by atoms with Gasteiger partial charge >= 0.3 is 5.97 Å². The van der Waals surface area contributed by atoms with Gasteiger partial charge in [0.05, 0.1) is 11.7 Å². The van der Waals surface area contributed by atoms with Crippen LogP contribution in [0.3, 0.4) is 0 Å². The molecule has 1 fully saturated rings. The van der Waals surface area contributed by atoms with Gasteiger partial charge in [0, 0.05) is 17.8 Å². The van der Waals surface area contributed by atoms with Crippen LogP contribution >= 0.6 is 11.3 Å². The molecule has 0 aromatic carbocycles. The van der Waals surface area contributed by atoms with Gasteiger partial charge in [-0.05, 0) is 39.2 Å². The average Bonchev–Trinajstić information content (AvgIpc) is 2.90. The van der Waals surface area contributed by atoms with Gasteiger partial charge in [0.2, 0.25) is 5.91 Å². The van der Waals surface area contributed by atoms with Crippen molar-refractivity contribution >= 4 is 40.1 Å². The highest BCUT2D eigenvalue weighted by atomic mass is 32.1. The number of anilines is 1. The first-order valence-corrected chi connectivity index (χ1v) is 9.61. The van der Waals surface area contributed by atoms with E-state index >= 15 is 0 Å². The predicted octanol–water partition coefficient (Wildman–Crippen LogP) is 1.22. The molecule has 0 unspecified atom stereocenters. The number of aliphatic carboxylic acids is 1. The van der Waals surface area contributed by atoms with Crippen LogP contribution in [0.2, 0.25) is 0 Å². The summed E-state index contributed by atoms with van der Waals surface area (Å²) < 4.78 is 5.16. The monoisotopic (exact) mass is 395 g/mol. The standard InChI is InChI=1S/C18H24N2O6S/c1-8(2)26-18(25)13-9(3)12(14(19)21)16(27-13)20-15(22)10-6-4-5-7-11(10)17(23)24/h8,10-11H,4-7H2,1-3H3,(H2,19,21)(H,20,22)(H,23,24)/p-1/t10-,11+/m1/s1. The molecule has 1 aromatic heterocycles. The summed E-state index contributed by atoms with van der Waals surface area (Å²) in [4.78, 5) is 48.2. The van der Waals surface area contributed by atoms with Crippen molar-refractivity contribution in [1.82, 2.24) is 0 Å². The Morgan fingerprint density at radius 3 is 2.30 bits per heavy atom. The van der Waals surface area contributed by atoms with Crippen LogP contribution in [-0.4, -0.2) is 29.9 Å². The van der Waals surface area contributed by atoms with Gasteiger partial charge in [-0.1, -0.05) is 12.8 Å². The van der Waals surface area contributed by atoms with E-state index in [0.29, 0.717) is 18.4 Å². The van der Waals surface area contributed by atoms with E-state index in [1.807, 2.05) is 0 Å². The first-order valence-electron chi connectivity index (χ1n) is 8.79. The lowest BCUT2D eigenvalue weighted by molar-refractivity contribution is -0.313. The minimum absolute atomic E-state index is 0.0323. The summed E-state index contributed by atoms with van der Waals surface area (Å²) in [5.41, 5.74) is 5.78. The molecule has 0 spiro atoms. The van der Waals surface area contributed by atoms with Gasteiger partial charge in [0.25, 0.3) is 5.91 Å². The van der Waals surface area contributed by atoms with Crippen LogP contribution in [0.1, 0.15) is 65.1 Å². The number of primary amides is 1. The zero-order valence-electron chi connectivity index (χ0n) is 15.5. The van der Waals surface area contributed by atoms with Gasteiger partial charge in [-0.2, -0.15) is 0 Å².